The maximum Gasteiger partial charge on any atom is 0.443 e. The van der Waals surface area contributed by atoms with Gasteiger partial charge in [-0.05, 0) is 13.8 Å². The lowest BCUT2D eigenvalue weighted by Gasteiger charge is -2.00. The van der Waals surface area contributed by atoms with Crippen LogP contribution in [0.4, 0.5) is 13.2 Å². The molecular formula is C7H9F3N2S. The lowest BCUT2D eigenvalue weighted by Crippen LogP contribution is -2.03. The van der Waals surface area contributed by atoms with Gasteiger partial charge < -0.3 is 5.73 Å². The van der Waals surface area contributed by atoms with Crippen molar-refractivity contribution >= 4 is 11.3 Å². The topological polar surface area (TPSA) is 38.9 Å². The molecule has 13 heavy (non-hydrogen) atoms. The Morgan fingerprint density at radius 3 is 2.23 bits per heavy atom. The zero-order chi connectivity index (χ0) is 10.2. The number of nitrogens with zero attached hydrogens (tertiary/aromatic N) is 1. The summed E-state index contributed by atoms with van der Waals surface area (Å²) in [7, 11) is 0. The fourth-order valence-corrected chi connectivity index (χ4v) is 1.84. The molecular weight excluding hydrogens is 201 g/mol. The van der Waals surface area contributed by atoms with Gasteiger partial charge in [-0.15, -0.1) is 11.3 Å². The van der Waals surface area contributed by atoms with E-state index in [2.05, 4.69) is 4.98 Å². The van der Waals surface area contributed by atoms with Crippen LogP contribution in [0.25, 0.3) is 0 Å². The molecule has 2 nitrogen and oxygen atoms in total. The van der Waals surface area contributed by atoms with Crippen LogP contribution >= 0.6 is 11.3 Å². The molecule has 1 heterocycles. The summed E-state index contributed by atoms with van der Waals surface area (Å²) >= 11 is 0.613. The first-order valence-electron chi connectivity index (χ1n) is 3.62. The SMILES string of the molecule is Cc1nc(C(F)(F)F)sc1C(C)N. The minimum atomic E-state index is -4.36. The summed E-state index contributed by atoms with van der Waals surface area (Å²) in [5.41, 5.74) is 5.84. The Labute approximate surface area is 77.6 Å². The maximum absolute atomic E-state index is 12.2. The van der Waals surface area contributed by atoms with Gasteiger partial charge in [0.05, 0.1) is 5.69 Å². The summed E-state index contributed by atoms with van der Waals surface area (Å²) < 4.78 is 36.5. The molecule has 1 atom stereocenters. The molecule has 0 saturated heterocycles. The summed E-state index contributed by atoms with van der Waals surface area (Å²) in [5.74, 6) is 0. The van der Waals surface area contributed by atoms with Crippen molar-refractivity contribution in [3.63, 3.8) is 0 Å². The summed E-state index contributed by atoms with van der Waals surface area (Å²) in [6, 6.07) is -0.395. The van der Waals surface area contributed by atoms with Gasteiger partial charge in [-0.25, -0.2) is 4.98 Å². The van der Waals surface area contributed by atoms with Crippen molar-refractivity contribution in [2.24, 2.45) is 5.73 Å². The third-order valence-corrected chi connectivity index (χ3v) is 2.89. The molecule has 1 aromatic heterocycles. The minimum absolute atomic E-state index is 0.368. The molecule has 0 fully saturated rings. The molecule has 0 aromatic carbocycles. The fourth-order valence-electron chi connectivity index (χ4n) is 0.952. The van der Waals surface area contributed by atoms with Crippen molar-refractivity contribution in [2.75, 3.05) is 0 Å². The van der Waals surface area contributed by atoms with Crippen LogP contribution in [0.1, 0.15) is 28.5 Å². The van der Waals surface area contributed by atoms with Gasteiger partial charge in [0.25, 0.3) is 0 Å². The van der Waals surface area contributed by atoms with Crippen LogP contribution in [0.5, 0.6) is 0 Å². The van der Waals surface area contributed by atoms with Gasteiger partial charge in [-0.3, -0.25) is 0 Å². The predicted octanol–water partition coefficient (Wildman–Crippen LogP) is 2.49. The van der Waals surface area contributed by atoms with E-state index in [0.29, 0.717) is 21.9 Å². The van der Waals surface area contributed by atoms with Crippen LogP contribution in [0, 0.1) is 6.92 Å². The van der Waals surface area contributed by atoms with Crippen molar-refractivity contribution in [1.82, 2.24) is 4.98 Å². The monoisotopic (exact) mass is 210 g/mol. The second kappa shape index (κ2) is 3.26. The molecule has 0 radical (unpaired) electrons. The van der Waals surface area contributed by atoms with Gasteiger partial charge in [-0.2, -0.15) is 13.2 Å². The van der Waals surface area contributed by atoms with Crippen molar-refractivity contribution in [3.8, 4) is 0 Å². The maximum atomic E-state index is 12.2. The summed E-state index contributed by atoms with van der Waals surface area (Å²) in [6.45, 7) is 3.17. The van der Waals surface area contributed by atoms with E-state index in [1.54, 1.807) is 6.92 Å². The number of alkyl halides is 3. The van der Waals surface area contributed by atoms with E-state index in [9.17, 15) is 13.2 Å². The Bertz CT molecular complexity index is 303. The molecule has 0 aliphatic rings. The van der Waals surface area contributed by atoms with Gasteiger partial charge >= 0.3 is 6.18 Å². The minimum Gasteiger partial charge on any atom is -0.323 e. The van der Waals surface area contributed by atoms with Crippen LogP contribution < -0.4 is 5.73 Å². The van der Waals surface area contributed by atoms with E-state index in [0.717, 1.165) is 0 Å². The van der Waals surface area contributed by atoms with Crippen molar-refractivity contribution in [1.29, 1.82) is 0 Å². The van der Waals surface area contributed by atoms with Crippen LogP contribution in [-0.4, -0.2) is 4.98 Å². The Balaban J connectivity index is 3.10. The average Bonchev–Trinajstić information content (AvgIpc) is 2.29. The van der Waals surface area contributed by atoms with Gasteiger partial charge in [0.15, 0.2) is 5.01 Å². The standard InChI is InChI=1S/C7H9F3N2S/c1-3(11)5-4(2)12-6(13-5)7(8,9)10/h3H,11H2,1-2H3. The average molecular weight is 210 g/mol. The number of aryl methyl sites for hydroxylation is 1. The first-order chi connectivity index (χ1) is 5.82. The zero-order valence-corrected chi connectivity index (χ0v) is 7.96. The van der Waals surface area contributed by atoms with Gasteiger partial charge in [0, 0.05) is 10.9 Å². The van der Waals surface area contributed by atoms with E-state index in [1.807, 2.05) is 0 Å². The molecule has 0 amide bonds. The number of rotatable bonds is 1. The molecule has 0 bridgehead atoms. The van der Waals surface area contributed by atoms with Crippen LogP contribution in [0.15, 0.2) is 0 Å². The zero-order valence-electron chi connectivity index (χ0n) is 7.14. The summed E-state index contributed by atoms with van der Waals surface area (Å²) in [4.78, 5) is 3.91. The third-order valence-electron chi connectivity index (χ3n) is 1.49. The highest BCUT2D eigenvalue weighted by Crippen LogP contribution is 2.35. The molecule has 1 unspecified atom stereocenters. The summed E-state index contributed by atoms with van der Waals surface area (Å²) in [6.07, 6.45) is -4.36. The fraction of sp³-hybridized carbons (Fsp3) is 0.571. The first kappa shape index (κ1) is 10.5. The Hall–Kier alpha value is -0.620. The van der Waals surface area contributed by atoms with E-state index < -0.39 is 17.2 Å². The Morgan fingerprint density at radius 1 is 1.46 bits per heavy atom. The summed E-state index contributed by atoms with van der Waals surface area (Å²) in [5, 5.41) is -0.822. The molecule has 74 valence electrons. The van der Waals surface area contributed by atoms with Crippen molar-refractivity contribution in [2.45, 2.75) is 26.1 Å². The molecule has 1 aromatic rings. The molecule has 0 saturated carbocycles. The second-order valence-corrected chi connectivity index (χ2v) is 3.79. The number of aromatic nitrogens is 1. The van der Waals surface area contributed by atoms with E-state index in [1.165, 1.54) is 6.92 Å². The quantitative estimate of drug-likeness (QED) is 0.773. The van der Waals surface area contributed by atoms with E-state index >= 15 is 0 Å². The predicted molar refractivity (Wildman–Crippen MR) is 44.5 cm³/mol. The highest BCUT2D eigenvalue weighted by Gasteiger charge is 2.35. The highest BCUT2D eigenvalue weighted by molar-refractivity contribution is 7.11. The number of nitrogens with two attached hydrogens (primary N) is 1. The molecule has 0 aliphatic heterocycles. The molecule has 6 heteroatoms. The van der Waals surface area contributed by atoms with E-state index in [4.69, 9.17) is 5.73 Å². The Kier molecular flexibility index (Phi) is 2.63. The molecule has 0 spiro atoms. The molecule has 1 rings (SSSR count). The molecule has 0 aliphatic carbocycles. The van der Waals surface area contributed by atoms with Gasteiger partial charge in [0.2, 0.25) is 0 Å². The van der Waals surface area contributed by atoms with E-state index in [-0.39, 0.29) is 0 Å². The van der Waals surface area contributed by atoms with Crippen LogP contribution in [-0.2, 0) is 6.18 Å². The second-order valence-electron chi connectivity index (χ2n) is 2.76. The lowest BCUT2D eigenvalue weighted by atomic mass is 10.2. The normalized spacial score (nSPS) is 14.6. The number of thiazole rings is 1. The largest absolute Gasteiger partial charge is 0.443 e. The number of hydrogen-bond acceptors (Lipinski definition) is 3. The lowest BCUT2D eigenvalue weighted by molar-refractivity contribution is -0.137. The first-order valence-corrected chi connectivity index (χ1v) is 4.44. The third kappa shape index (κ3) is 2.19. The smallest absolute Gasteiger partial charge is 0.323 e. The van der Waals surface area contributed by atoms with Crippen LogP contribution in [0.2, 0.25) is 0 Å². The van der Waals surface area contributed by atoms with Gasteiger partial charge in [-0.1, -0.05) is 0 Å². The number of hydrogen-bond donors (Lipinski definition) is 1. The van der Waals surface area contributed by atoms with Gasteiger partial charge in [0.1, 0.15) is 0 Å². The molecule has 2 N–H and O–H groups in total. The van der Waals surface area contributed by atoms with Crippen molar-refractivity contribution < 1.29 is 13.2 Å². The van der Waals surface area contributed by atoms with Crippen LogP contribution in [0.3, 0.4) is 0 Å². The van der Waals surface area contributed by atoms with Crippen molar-refractivity contribution in [3.05, 3.63) is 15.6 Å². The highest BCUT2D eigenvalue weighted by atomic mass is 32.1. The number of halogens is 3. The Morgan fingerprint density at radius 2 is 2.00 bits per heavy atom.